The van der Waals surface area contributed by atoms with Crippen LogP contribution in [0.5, 0.6) is 0 Å². The zero-order chi connectivity index (χ0) is 19.1. The van der Waals surface area contributed by atoms with Crippen LogP contribution in [0.25, 0.3) is 11.6 Å². The molecular formula is C22H22Cl2N2. The summed E-state index contributed by atoms with van der Waals surface area (Å²) in [6, 6.07) is 13.7. The van der Waals surface area contributed by atoms with Crippen LogP contribution in [-0.4, -0.2) is 12.6 Å². The van der Waals surface area contributed by atoms with Crippen LogP contribution in [-0.2, 0) is 0 Å². The molecule has 0 unspecified atom stereocenters. The van der Waals surface area contributed by atoms with Crippen LogP contribution in [0.1, 0.15) is 49.8 Å². The van der Waals surface area contributed by atoms with Gasteiger partial charge in [-0.2, -0.15) is 5.26 Å². The predicted molar refractivity (Wildman–Crippen MR) is 112 cm³/mol. The molecule has 1 atom stereocenters. The van der Waals surface area contributed by atoms with E-state index in [4.69, 9.17) is 23.2 Å². The predicted octanol–water partition coefficient (Wildman–Crippen LogP) is 6.78. The smallest absolute Gasteiger partial charge is 0.0998 e. The topological polar surface area (TPSA) is 27.0 Å². The number of nitriles is 1. The summed E-state index contributed by atoms with van der Waals surface area (Å²) in [5.41, 5.74) is 4.72. The third-order valence-electron chi connectivity index (χ3n) is 5.31. The quantitative estimate of drug-likeness (QED) is 0.421. The van der Waals surface area contributed by atoms with Gasteiger partial charge in [0.1, 0.15) is 0 Å². The van der Waals surface area contributed by atoms with Crippen LogP contribution in [0.4, 0.5) is 5.69 Å². The molecule has 0 aliphatic carbocycles. The first-order chi connectivity index (χ1) is 12.2. The van der Waals surface area contributed by atoms with Crippen molar-refractivity contribution in [3.8, 4) is 6.07 Å². The molecule has 26 heavy (non-hydrogen) atoms. The van der Waals surface area contributed by atoms with Gasteiger partial charge in [-0.15, -0.1) is 0 Å². The van der Waals surface area contributed by atoms with Gasteiger partial charge < -0.3 is 4.90 Å². The van der Waals surface area contributed by atoms with Gasteiger partial charge in [-0.1, -0.05) is 42.3 Å². The van der Waals surface area contributed by atoms with Crippen molar-refractivity contribution in [3.05, 3.63) is 63.1 Å². The first-order valence-electron chi connectivity index (χ1n) is 8.68. The van der Waals surface area contributed by atoms with Gasteiger partial charge in [0.05, 0.1) is 11.6 Å². The van der Waals surface area contributed by atoms with Gasteiger partial charge in [-0.3, -0.25) is 0 Å². The van der Waals surface area contributed by atoms with Gasteiger partial charge in [0, 0.05) is 28.3 Å². The summed E-state index contributed by atoms with van der Waals surface area (Å²) in [6.07, 6.45) is 2.92. The molecule has 0 saturated carbocycles. The average molecular weight is 385 g/mol. The first-order valence-corrected chi connectivity index (χ1v) is 9.43. The summed E-state index contributed by atoms with van der Waals surface area (Å²) in [5.74, 6) is 0.428. The summed E-state index contributed by atoms with van der Waals surface area (Å²) in [7, 11) is 2.11. The van der Waals surface area contributed by atoms with Crippen LogP contribution in [0.3, 0.4) is 0 Å². The van der Waals surface area contributed by atoms with Crippen molar-refractivity contribution in [1.82, 2.24) is 0 Å². The van der Waals surface area contributed by atoms with E-state index in [1.807, 2.05) is 24.3 Å². The molecule has 0 fully saturated rings. The second kappa shape index (κ2) is 6.99. The normalized spacial score (nSPS) is 19.0. The van der Waals surface area contributed by atoms with Crippen molar-refractivity contribution in [1.29, 1.82) is 5.26 Å². The van der Waals surface area contributed by atoms with E-state index < -0.39 is 0 Å². The molecule has 3 rings (SSSR count). The number of anilines is 1. The zero-order valence-corrected chi connectivity index (χ0v) is 17.0. The summed E-state index contributed by atoms with van der Waals surface area (Å²) in [5, 5.41) is 10.9. The molecule has 0 N–H and O–H groups in total. The average Bonchev–Trinajstić information content (AvgIpc) is 2.58. The van der Waals surface area contributed by atoms with Crippen LogP contribution >= 0.6 is 23.2 Å². The molecule has 0 amide bonds. The third kappa shape index (κ3) is 3.47. The molecule has 0 aromatic heterocycles. The second-order valence-electron chi connectivity index (χ2n) is 7.59. The fourth-order valence-electron chi connectivity index (χ4n) is 3.71. The molecular weight excluding hydrogens is 363 g/mol. The van der Waals surface area contributed by atoms with Crippen molar-refractivity contribution in [3.63, 3.8) is 0 Å². The van der Waals surface area contributed by atoms with E-state index in [2.05, 4.69) is 44.9 Å². The molecule has 4 heteroatoms. The Morgan fingerprint density at radius 1 is 1.27 bits per heavy atom. The van der Waals surface area contributed by atoms with Crippen molar-refractivity contribution >= 4 is 40.5 Å². The maximum absolute atomic E-state index is 9.61. The maximum Gasteiger partial charge on any atom is 0.0998 e. The lowest BCUT2D eigenvalue weighted by atomic mass is 9.80. The summed E-state index contributed by atoms with van der Waals surface area (Å²) in [6.45, 7) is 6.75. The summed E-state index contributed by atoms with van der Waals surface area (Å²) in [4.78, 5) is 2.30. The number of nitrogens with zero attached hydrogens (tertiary/aromatic N) is 2. The molecule has 1 aliphatic rings. The van der Waals surface area contributed by atoms with Gasteiger partial charge in [0.15, 0.2) is 0 Å². The summed E-state index contributed by atoms with van der Waals surface area (Å²) < 4.78 is 0. The fourth-order valence-corrected chi connectivity index (χ4v) is 4.11. The fraction of sp³-hybridized carbons (Fsp3) is 0.318. The third-order valence-corrected chi connectivity index (χ3v) is 5.87. The Bertz CT molecular complexity index is 922. The van der Waals surface area contributed by atoms with E-state index in [9.17, 15) is 5.26 Å². The van der Waals surface area contributed by atoms with Crippen LogP contribution in [0.15, 0.2) is 36.4 Å². The van der Waals surface area contributed by atoms with E-state index >= 15 is 0 Å². The first kappa shape index (κ1) is 18.8. The van der Waals surface area contributed by atoms with Crippen molar-refractivity contribution in [2.75, 3.05) is 11.9 Å². The van der Waals surface area contributed by atoms with Crippen LogP contribution < -0.4 is 4.90 Å². The van der Waals surface area contributed by atoms with Gasteiger partial charge in [-0.05, 0) is 73.2 Å². The number of fused-ring (bicyclic) bond motifs is 1. The van der Waals surface area contributed by atoms with Gasteiger partial charge in [0.25, 0.3) is 0 Å². The number of rotatable bonds is 2. The van der Waals surface area contributed by atoms with Crippen molar-refractivity contribution < 1.29 is 0 Å². The molecule has 2 aromatic rings. The number of halogens is 2. The molecule has 2 nitrogen and oxygen atoms in total. The molecule has 0 bridgehead atoms. The Kier molecular flexibility index (Phi) is 5.06. The second-order valence-corrected chi connectivity index (χ2v) is 8.43. The lowest BCUT2D eigenvalue weighted by Gasteiger charge is -2.45. The number of allylic oxidation sites excluding steroid dienone is 1. The number of hydrogen-bond donors (Lipinski definition) is 0. The zero-order valence-electron chi connectivity index (χ0n) is 15.5. The molecule has 0 radical (unpaired) electrons. The van der Waals surface area contributed by atoms with E-state index in [0.717, 1.165) is 23.2 Å². The standard InChI is InChI=1S/C22H22Cl2N2/c1-14-12-22(2,3)26(4)21-11-20(24)16(10-19(14)21)8-17(13-25)15-6-5-7-18(23)9-15/h5-11,14H,12H2,1-4H3/b17-8-/t14-/m1/s1. The van der Waals surface area contributed by atoms with E-state index in [0.29, 0.717) is 21.5 Å². The Labute approximate surface area is 165 Å². The molecule has 0 saturated heterocycles. The van der Waals surface area contributed by atoms with Crippen molar-refractivity contribution in [2.24, 2.45) is 0 Å². The van der Waals surface area contributed by atoms with E-state index in [1.165, 1.54) is 5.56 Å². The van der Waals surface area contributed by atoms with Crippen LogP contribution in [0.2, 0.25) is 10.0 Å². The number of hydrogen-bond acceptors (Lipinski definition) is 2. The Hall–Kier alpha value is -1.95. The highest BCUT2D eigenvalue weighted by atomic mass is 35.5. The molecule has 0 spiro atoms. The Morgan fingerprint density at radius 2 is 2.00 bits per heavy atom. The monoisotopic (exact) mass is 384 g/mol. The van der Waals surface area contributed by atoms with E-state index in [1.54, 1.807) is 12.1 Å². The molecule has 1 aliphatic heterocycles. The number of benzene rings is 2. The highest BCUT2D eigenvalue weighted by molar-refractivity contribution is 6.32. The highest BCUT2D eigenvalue weighted by Gasteiger charge is 2.34. The molecule has 2 aromatic carbocycles. The van der Waals surface area contributed by atoms with Crippen molar-refractivity contribution in [2.45, 2.75) is 38.6 Å². The highest BCUT2D eigenvalue weighted by Crippen LogP contribution is 2.44. The lowest BCUT2D eigenvalue weighted by Crippen LogP contribution is -2.45. The Balaban J connectivity index is 2.10. The van der Waals surface area contributed by atoms with Gasteiger partial charge in [-0.25, -0.2) is 0 Å². The largest absolute Gasteiger partial charge is 0.369 e. The minimum absolute atomic E-state index is 0.0890. The minimum atomic E-state index is 0.0890. The molecule has 1 heterocycles. The SMILES string of the molecule is C[C@@H]1CC(C)(C)N(C)c2cc(Cl)c(/C=C(/C#N)c3cccc(Cl)c3)cc21. The maximum atomic E-state index is 9.61. The van der Waals surface area contributed by atoms with Gasteiger partial charge in [0.2, 0.25) is 0 Å². The van der Waals surface area contributed by atoms with Crippen LogP contribution in [0, 0.1) is 11.3 Å². The van der Waals surface area contributed by atoms with E-state index in [-0.39, 0.29) is 5.54 Å². The van der Waals surface area contributed by atoms with Gasteiger partial charge >= 0.3 is 0 Å². The Morgan fingerprint density at radius 3 is 2.65 bits per heavy atom. The minimum Gasteiger partial charge on any atom is -0.369 e. The molecule has 134 valence electrons. The summed E-state index contributed by atoms with van der Waals surface area (Å²) >= 11 is 12.6. The lowest BCUT2D eigenvalue weighted by molar-refractivity contribution is 0.395.